The molecule has 1 aliphatic rings. The second-order valence-electron chi connectivity index (χ2n) is 6.53. The molecule has 2 atom stereocenters. The highest BCUT2D eigenvalue weighted by Crippen LogP contribution is 2.24. The van der Waals surface area contributed by atoms with Gasteiger partial charge in [0.1, 0.15) is 6.10 Å². The van der Waals surface area contributed by atoms with Crippen molar-refractivity contribution in [2.24, 2.45) is 0 Å². The normalized spacial score (nSPS) is 20.9. The van der Waals surface area contributed by atoms with Gasteiger partial charge in [-0.15, -0.1) is 0 Å². The third-order valence-corrected chi connectivity index (χ3v) is 4.45. The molecule has 0 radical (unpaired) electrons. The van der Waals surface area contributed by atoms with Crippen LogP contribution in [0.1, 0.15) is 96.3 Å². The van der Waals surface area contributed by atoms with Gasteiger partial charge in [-0.3, -0.25) is 0 Å². The minimum Gasteiger partial charge on any atom is -0.396 e. The van der Waals surface area contributed by atoms with Gasteiger partial charge < -0.3 is 14.9 Å². The van der Waals surface area contributed by atoms with E-state index in [1.54, 1.807) is 0 Å². The van der Waals surface area contributed by atoms with Crippen LogP contribution in [0.3, 0.4) is 0 Å². The van der Waals surface area contributed by atoms with Crippen LogP contribution in [0.2, 0.25) is 0 Å². The Hall–Kier alpha value is -0.120. The summed E-state index contributed by atoms with van der Waals surface area (Å²) in [6, 6.07) is 0. The molecule has 0 spiro atoms. The first-order chi connectivity index (χ1) is 10.3. The molecule has 126 valence electrons. The predicted molar refractivity (Wildman–Crippen MR) is 87.2 cm³/mol. The van der Waals surface area contributed by atoms with Gasteiger partial charge in [-0.2, -0.15) is 0 Å². The number of ether oxygens (including phenoxy) is 1. The van der Waals surface area contributed by atoms with Gasteiger partial charge in [0.05, 0.1) is 0 Å². The average molecular weight is 300 g/mol. The first-order valence-corrected chi connectivity index (χ1v) is 9.29. The fourth-order valence-electron chi connectivity index (χ4n) is 2.92. The molecule has 1 heterocycles. The Morgan fingerprint density at radius 1 is 0.571 bits per heavy atom. The van der Waals surface area contributed by atoms with Crippen molar-refractivity contribution in [1.29, 1.82) is 0 Å². The fraction of sp³-hybridized carbons (Fsp3) is 1.00. The van der Waals surface area contributed by atoms with E-state index >= 15 is 0 Å². The molecule has 0 saturated carbocycles. The smallest absolute Gasteiger partial charge is 0.181 e. The zero-order chi connectivity index (χ0) is 15.2. The molecular weight excluding hydrogens is 264 g/mol. The molecule has 3 heteroatoms. The third kappa shape index (κ3) is 12.1. The minimum atomic E-state index is -0.445. The second kappa shape index (κ2) is 13.5. The van der Waals surface area contributed by atoms with Gasteiger partial charge in [-0.25, -0.2) is 0 Å². The lowest BCUT2D eigenvalue weighted by molar-refractivity contribution is 0.156. The van der Waals surface area contributed by atoms with Crippen molar-refractivity contribution in [3.63, 3.8) is 0 Å². The lowest BCUT2D eigenvalue weighted by Gasteiger charge is -2.03. The zero-order valence-electron chi connectivity index (χ0n) is 13.8. The van der Waals surface area contributed by atoms with E-state index in [9.17, 15) is 0 Å². The summed E-state index contributed by atoms with van der Waals surface area (Å²) < 4.78 is 4.98. The largest absolute Gasteiger partial charge is 0.396 e. The first-order valence-electron chi connectivity index (χ1n) is 9.29. The van der Waals surface area contributed by atoms with E-state index in [1.807, 2.05) is 0 Å². The zero-order valence-corrected chi connectivity index (χ0v) is 13.8. The van der Waals surface area contributed by atoms with Crippen molar-refractivity contribution in [3.05, 3.63) is 0 Å². The monoisotopic (exact) mass is 300 g/mol. The van der Waals surface area contributed by atoms with Crippen molar-refractivity contribution < 1.29 is 14.9 Å². The van der Waals surface area contributed by atoms with Crippen LogP contribution in [-0.4, -0.2) is 29.2 Å². The van der Waals surface area contributed by atoms with Gasteiger partial charge in [-0.1, -0.05) is 83.5 Å². The van der Waals surface area contributed by atoms with Crippen molar-refractivity contribution in [2.75, 3.05) is 6.61 Å². The quantitative estimate of drug-likeness (QED) is 0.325. The molecule has 1 rings (SSSR count). The molecule has 3 nitrogen and oxygen atoms in total. The molecule has 0 aromatic carbocycles. The Morgan fingerprint density at radius 3 is 1.24 bits per heavy atom. The third-order valence-electron chi connectivity index (χ3n) is 4.45. The van der Waals surface area contributed by atoms with Gasteiger partial charge in [0, 0.05) is 6.61 Å². The summed E-state index contributed by atoms with van der Waals surface area (Å²) in [5.41, 5.74) is 0. The van der Waals surface area contributed by atoms with Crippen LogP contribution in [0.25, 0.3) is 0 Å². The summed E-state index contributed by atoms with van der Waals surface area (Å²) in [5, 5.41) is 17.7. The molecule has 0 bridgehead atoms. The van der Waals surface area contributed by atoms with Gasteiger partial charge in [0.15, 0.2) is 6.29 Å². The molecule has 0 aromatic rings. The number of unbranched alkanes of at least 4 members (excludes halogenated alkanes) is 13. The van der Waals surface area contributed by atoms with Crippen LogP contribution >= 0.6 is 0 Å². The molecule has 2 N–H and O–H groups in total. The number of hydrogen-bond acceptors (Lipinski definition) is 3. The van der Waals surface area contributed by atoms with Gasteiger partial charge in [0.2, 0.25) is 0 Å². The molecule has 0 aliphatic carbocycles. The van der Waals surface area contributed by atoms with Crippen LogP contribution in [0.15, 0.2) is 0 Å². The Kier molecular flexibility index (Phi) is 12.2. The highest BCUT2D eigenvalue weighted by Gasteiger charge is 2.35. The van der Waals surface area contributed by atoms with E-state index in [-0.39, 0.29) is 6.10 Å². The molecule has 1 fully saturated rings. The summed E-state index contributed by atoms with van der Waals surface area (Å²) >= 11 is 0. The van der Waals surface area contributed by atoms with Crippen molar-refractivity contribution >= 4 is 0 Å². The molecule has 0 amide bonds. The van der Waals surface area contributed by atoms with E-state index in [1.165, 1.54) is 83.5 Å². The first kappa shape index (κ1) is 18.9. The van der Waals surface area contributed by atoms with Crippen molar-refractivity contribution in [3.8, 4) is 0 Å². The van der Waals surface area contributed by atoms with E-state index < -0.39 is 6.29 Å². The van der Waals surface area contributed by atoms with Gasteiger partial charge >= 0.3 is 0 Å². The van der Waals surface area contributed by atoms with Crippen molar-refractivity contribution in [2.45, 2.75) is 109 Å². The highest BCUT2D eigenvalue weighted by molar-refractivity contribution is 4.74. The fourth-order valence-corrected chi connectivity index (χ4v) is 2.92. The standard InChI is InChI=1S/C18H36O3/c19-16-14-12-10-8-6-4-2-1-3-5-7-9-11-13-15-17-18(20)21-17/h17-20H,1-16H2. The van der Waals surface area contributed by atoms with E-state index in [0.29, 0.717) is 6.61 Å². The van der Waals surface area contributed by atoms with Crippen molar-refractivity contribution in [1.82, 2.24) is 0 Å². The maximum Gasteiger partial charge on any atom is 0.181 e. The number of rotatable bonds is 16. The maximum atomic E-state index is 9.01. The molecule has 0 aromatic heterocycles. The topological polar surface area (TPSA) is 53.0 Å². The summed E-state index contributed by atoms with van der Waals surface area (Å²) in [6.07, 6.45) is 19.1. The Balaban J connectivity index is 1.62. The van der Waals surface area contributed by atoms with Crippen LogP contribution in [-0.2, 0) is 4.74 Å². The summed E-state index contributed by atoms with van der Waals surface area (Å²) in [6.45, 7) is 0.357. The maximum absolute atomic E-state index is 9.01. The summed E-state index contributed by atoms with van der Waals surface area (Å²) in [7, 11) is 0. The number of aliphatic hydroxyl groups excluding tert-OH is 2. The molecule has 21 heavy (non-hydrogen) atoms. The molecular formula is C18H36O3. The SMILES string of the molecule is OCCCCCCCCCCCCCCCCC1OC1O. The second-order valence-corrected chi connectivity index (χ2v) is 6.53. The summed E-state index contributed by atoms with van der Waals surface area (Å²) in [5.74, 6) is 0. The van der Waals surface area contributed by atoms with Gasteiger partial charge in [0.25, 0.3) is 0 Å². The minimum absolute atomic E-state index is 0.161. The Labute approximate surface area is 131 Å². The molecule has 2 unspecified atom stereocenters. The number of hydrogen-bond donors (Lipinski definition) is 2. The molecule has 1 aliphatic heterocycles. The highest BCUT2D eigenvalue weighted by atomic mass is 16.7. The lowest BCUT2D eigenvalue weighted by atomic mass is 10.0. The number of aliphatic hydroxyl groups is 2. The van der Waals surface area contributed by atoms with E-state index in [0.717, 1.165) is 12.8 Å². The lowest BCUT2D eigenvalue weighted by Crippen LogP contribution is -1.91. The van der Waals surface area contributed by atoms with Crippen LogP contribution < -0.4 is 0 Å². The Bertz CT molecular complexity index is 221. The van der Waals surface area contributed by atoms with Gasteiger partial charge in [-0.05, 0) is 12.8 Å². The van der Waals surface area contributed by atoms with E-state index in [4.69, 9.17) is 14.9 Å². The Morgan fingerprint density at radius 2 is 0.905 bits per heavy atom. The molecule has 1 saturated heterocycles. The average Bonchev–Trinajstić information content (AvgIpc) is 3.19. The van der Waals surface area contributed by atoms with Crippen LogP contribution in [0.5, 0.6) is 0 Å². The summed E-state index contributed by atoms with van der Waals surface area (Å²) in [4.78, 5) is 0. The van der Waals surface area contributed by atoms with Crippen LogP contribution in [0, 0.1) is 0 Å². The number of epoxide rings is 1. The van der Waals surface area contributed by atoms with Crippen LogP contribution in [0.4, 0.5) is 0 Å². The van der Waals surface area contributed by atoms with E-state index in [2.05, 4.69) is 0 Å². The predicted octanol–water partition coefficient (Wildman–Crippen LogP) is 4.55.